The van der Waals surface area contributed by atoms with Crippen LogP contribution in [0.1, 0.15) is 5.56 Å². The molecule has 2 N–H and O–H groups in total. The van der Waals surface area contributed by atoms with Crippen molar-refractivity contribution in [3.8, 4) is 11.3 Å². The third-order valence-corrected chi connectivity index (χ3v) is 5.86. The van der Waals surface area contributed by atoms with Gasteiger partial charge in [0.2, 0.25) is 0 Å². The van der Waals surface area contributed by atoms with Crippen LogP contribution in [0, 0.1) is 6.92 Å². The summed E-state index contributed by atoms with van der Waals surface area (Å²) < 4.78 is 27.2. The average molecular weight is 364 g/mol. The number of benzene rings is 1. The topological polar surface area (TPSA) is 90.9 Å². The molecule has 0 amide bonds. The Labute approximate surface area is 151 Å². The number of rotatable bonds is 3. The molecule has 0 bridgehead atoms. The first kappa shape index (κ1) is 16.3. The Balaban J connectivity index is 1.91. The van der Waals surface area contributed by atoms with Gasteiger partial charge < -0.3 is 5.73 Å². The summed E-state index contributed by atoms with van der Waals surface area (Å²) in [5.74, 6) is 0.402. The molecule has 0 aliphatic heterocycles. The lowest BCUT2D eigenvalue weighted by Crippen LogP contribution is -2.12. The molecular formula is C19H16N4O2S. The fraction of sp³-hybridized carbons (Fsp3) is 0.0526. The summed E-state index contributed by atoms with van der Waals surface area (Å²) in [6.07, 6.45) is 3.09. The minimum absolute atomic E-state index is 0.217. The molecule has 4 rings (SSSR count). The van der Waals surface area contributed by atoms with E-state index in [0.29, 0.717) is 22.5 Å². The van der Waals surface area contributed by atoms with E-state index in [0.717, 1.165) is 11.1 Å². The Morgan fingerprint density at radius 1 is 1.00 bits per heavy atom. The Morgan fingerprint density at radius 3 is 2.50 bits per heavy atom. The number of fused-ring (bicyclic) bond motifs is 1. The number of aryl methyl sites for hydroxylation is 1. The summed E-state index contributed by atoms with van der Waals surface area (Å²) in [7, 11) is -3.74. The van der Waals surface area contributed by atoms with Crippen LogP contribution in [0.2, 0.25) is 0 Å². The van der Waals surface area contributed by atoms with Crippen molar-refractivity contribution in [1.82, 2.24) is 13.9 Å². The number of nitrogens with two attached hydrogens (primary N) is 1. The van der Waals surface area contributed by atoms with Gasteiger partial charge in [0.15, 0.2) is 5.65 Å². The summed E-state index contributed by atoms with van der Waals surface area (Å²) in [4.78, 5) is 8.83. The highest BCUT2D eigenvalue weighted by molar-refractivity contribution is 7.90. The standard InChI is InChI=1S/C19H16N4O2S/c1-13-5-7-14(8-6-13)26(24,25)23-12-10-16-15(9-11-21-19(16)23)17-3-2-4-18(20)22-17/h2-12H,1H3,(H2,20,22). The number of hydrogen-bond donors (Lipinski definition) is 1. The number of anilines is 1. The second-order valence-corrected chi connectivity index (χ2v) is 7.79. The lowest BCUT2D eigenvalue weighted by Gasteiger charge is -2.08. The van der Waals surface area contributed by atoms with Crippen molar-refractivity contribution in [2.45, 2.75) is 11.8 Å². The lowest BCUT2D eigenvalue weighted by molar-refractivity contribution is 0.588. The van der Waals surface area contributed by atoms with Gasteiger partial charge in [-0.2, -0.15) is 0 Å². The van der Waals surface area contributed by atoms with Crippen LogP contribution in [0.4, 0.5) is 5.82 Å². The summed E-state index contributed by atoms with van der Waals surface area (Å²) in [5.41, 5.74) is 8.57. The predicted octanol–water partition coefficient (Wildman–Crippen LogP) is 3.23. The molecule has 3 aromatic heterocycles. The normalized spacial score (nSPS) is 11.7. The zero-order valence-corrected chi connectivity index (χ0v) is 14.8. The Hall–Kier alpha value is -3.19. The molecule has 0 saturated carbocycles. The van der Waals surface area contributed by atoms with Crippen LogP contribution >= 0.6 is 0 Å². The van der Waals surface area contributed by atoms with E-state index >= 15 is 0 Å². The van der Waals surface area contributed by atoms with Crippen LogP contribution in [0.5, 0.6) is 0 Å². The zero-order chi connectivity index (χ0) is 18.3. The largest absolute Gasteiger partial charge is 0.384 e. The summed E-state index contributed by atoms with van der Waals surface area (Å²) in [6, 6.07) is 15.6. The molecule has 0 spiro atoms. The van der Waals surface area contributed by atoms with E-state index in [1.54, 1.807) is 48.7 Å². The van der Waals surface area contributed by atoms with E-state index in [-0.39, 0.29) is 4.90 Å². The minimum Gasteiger partial charge on any atom is -0.384 e. The Kier molecular flexibility index (Phi) is 3.73. The first-order valence-electron chi connectivity index (χ1n) is 7.98. The van der Waals surface area contributed by atoms with Gasteiger partial charge in [-0.25, -0.2) is 22.4 Å². The molecule has 0 unspecified atom stereocenters. The third kappa shape index (κ3) is 2.62. The fourth-order valence-electron chi connectivity index (χ4n) is 2.86. The third-order valence-electron chi connectivity index (χ3n) is 4.18. The van der Waals surface area contributed by atoms with Crippen molar-refractivity contribution in [2.75, 3.05) is 5.73 Å². The monoisotopic (exact) mass is 364 g/mol. The van der Waals surface area contributed by atoms with Crippen molar-refractivity contribution in [3.05, 3.63) is 72.6 Å². The quantitative estimate of drug-likeness (QED) is 0.603. The molecule has 0 fully saturated rings. The smallest absolute Gasteiger partial charge is 0.269 e. The average Bonchev–Trinajstić information content (AvgIpc) is 3.07. The maximum Gasteiger partial charge on any atom is 0.269 e. The highest BCUT2D eigenvalue weighted by atomic mass is 32.2. The van der Waals surface area contributed by atoms with Gasteiger partial charge >= 0.3 is 0 Å². The molecule has 7 heteroatoms. The van der Waals surface area contributed by atoms with Gasteiger partial charge in [-0.3, -0.25) is 0 Å². The predicted molar refractivity (Wildman–Crippen MR) is 101 cm³/mol. The van der Waals surface area contributed by atoms with Gasteiger partial charge in [0.1, 0.15) is 5.82 Å². The van der Waals surface area contributed by atoms with Crippen molar-refractivity contribution < 1.29 is 8.42 Å². The summed E-state index contributed by atoms with van der Waals surface area (Å²) in [6.45, 7) is 1.91. The van der Waals surface area contributed by atoms with Crippen LogP contribution in [0.25, 0.3) is 22.3 Å². The van der Waals surface area contributed by atoms with Gasteiger partial charge in [0.25, 0.3) is 10.0 Å². The van der Waals surface area contributed by atoms with Crippen molar-refractivity contribution in [2.24, 2.45) is 0 Å². The van der Waals surface area contributed by atoms with Crippen molar-refractivity contribution in [3.63, 3.8) is 0 Å². The molecule has 3 heterocycles. The molecule has 0 atom stereocenters. The highest BCUT2D eigenvalue weighted by Gasteiger charge is 2.21. The van der Waals surface area contributed by atoms with Gasteiger partial charge in [-0.15, -0.1) is 0 Å². The van der Waals surface area contributed by atoms with Crippen LogP contribution < -0.4 is 5.73 Å². The van der Waals surface area contributed by atoms with E-state index in [4.69, 9.17) is 5.73 Å². The lowest BCUT2D eigenvalue weighted by atomic mass is 10.1. The zero-order valence-electron chi connectivity index (χ0n) is 14.0. The molecule has 1 aromatic carbocycles. The molecule has 6 nitrogen and oxygen atoms in total. The summed E-state index contributed by atoms with van der Waals surface area (Å²) >= 11 is 0. The van der Waals surface area contributed by atoms with E-state index in [1.807, 2.05) is 19.1 Å². The minimum atomic E-state index is -3.74. The van der Waals surface area contributed by atoms with Crippen molar-refractivity contribution >= 4 is 26.9 Å². The van der Waals surface area contributed by atoms with E-state index in [1.165, 1.54) is 10.2 Å². The molecule has 0 saturated heterocycles. The second-order valence-electron chi connectivity index (χ2n) is 5.97. The van der Waals surface area contributed by atoms with E-state index in [9.17, 15) is 8.42 Å². The first-order valence-corrected chi connectivity index (χ1v) is 9.42. The van der Waals surface area contributed by atoms with Crippen LogP contribution in [-0.4, -0.2) is 22.4 Å². The maximum atomic E-state index is 13.0. The number of nitrogens with zero attached hydrogens (tertiary/aromatic N) is 3. The number of pyridine rings is 2. The molecule has 0 aliphatic rings. The van der Waals surface area contributed by atoms with Gasteiger partial charge in [0.05, 0.1) is 10.6 Å². The van der Waals surface area contributed by atoms with Gasteiger partial charge in [-0.1, -0.05) is 23.8 Å². The maximum absolute atomic E-state index is 13.0. The van der Waals surface area contributed by atoms with Crippen LogP contribution in [0.3, 0.4) is 0 Å². The van der Waals surface area contributed by atoms with Crippen LogP contribution in [-0.2, 0) is 10.0 Å². The molecule has 0 aliphatic carbocycles. The number of hydrogen-bond acceptors (Lipinski definition) is 5. The molecule has 4 aromatic rings. The Morgan fingerprint density at radius 2 is 1.77 bits per heavy atom. The second kappa shape index (κ2) is 5.96. The van der Waals surface area contributed by atoms with E-state index in [2.05, 4.69) is 9.97 Å². The highest BCUT2D eigenvalue weighted by Crippen LogP contribution is 2.29. The van der Waals surface area contributed by atoms with Crippen molar-refractivity contribution in [1.29, 1.82) is 0 Å². The number of nitrogen functional groups attached to an aromatic ring is 1. The Bertz CT molecular complexity index is 1210. The van der Waals surface area contributed by atoms with Gasteiger partial charge in [-0.05, 0) is 43.3 Å². The number of aromatic nitrogens is 3. The molecule has 0 radical (unpaired) electrons. The fourth-order valence-corrected chi connectivity index (χ4v) is 4.16. The molecule has 26 heavy (non-hydrogen) atoms. The first-order chi connectivity index (χ1) is 12.5. The van der Waals surface area contributed by atoms with Gasteiger partial charge in [0, 0.05) is 23.3 Å². The molecular weight excluding hydrogens is 348 g/mol. The van der Waals surface area contributed by atoms with E-state index < -0.39 is 10.0 Å². The van der Waals surface area contributed by atoms with Crippen LogP contribution in [0.15, 0.2) is 71.9 Å². The summed E-state index contributed by atoms with van der Waals surface area (Å²) in [5, 5.41) is 0.696. The molecule has 130 valence electrons. The SMILES string of the molecule is Cc1ccc(S(=O)(=O)n2ccc3c(-c4cccc(N)n4)ccnc32)cc1.